The molecule has 0 unspecified atom stereocenters. The zero-order valence-corrected chi connectivity index (χ0v) is 11.3. The van der Waals surface area contributed by atoms with Crippen molar-refractivity contribution in [3.05, 3.63) is 34.8 Å². The minimum Gasteiger partial charge on any atom is -0.396 e. The van der Waals surface area contributed by atoms with Gasteiger partial charge in [0.1, 0.15) is 6.54 Å². The van der Waals surface area contributed by atoms with Crippen LogP contribution in [0.25, 0.3) is 0 Å². The number of amides is 1. The highest BCUT2D eigenvalue weighted by Crippen LogP contribution is 2.29. The van der Waals surface area contributed by atoms with Crippen LogP contribution in [0, 0.1) is 0 Å². The van der Waals surface area contributed by atoms with Crippen LogP contribution in [0.1, 0.15) is 17.7 Å². The Hall–Kier alpha value is -1.82. The number of rotatable bonds is 5. The molecule has 5 nitrogen and oxygen atoms in total. The summed E-state index contributed by atoms with van der Waals surface area (Å²) in [7, 11) is 0. The summed E-state index contributed by atoms with van der Waals surface area (Å²) in [6, 6.07) is 4.49. The molecular formula is C13H16N4OS. The summed E-state index contributed by atoms with van der Waals surface area (Å²) in [5.41, 5.74) is 6.19. The molecule has 1 saturated carbocycles. The zero-order valence-electron chi connectivity index (χ0n) is 10.5. The van der Waals surface area contributed by atoms with Crippen molar-refractivity contribution in [3.63, 3.8) is 0 Å². The summed E-state index contributed by atoms with van der Waals surface area (Å²) in [4.78, 5) is 15.5. The van der Waals surface area contributed by atoms with E-state index >= 15 is 0 Å². The number of nitrogens with zero attached hydrogens (tertiary/aromatic N) is 3. The Balaban J connectivity index is 1.67. The van der Waals surface area contributed by atoms with Gasteiger partial charge < -0.3 is 10.6 Å². The molecular weight excluding hydrogens is 260 g/mol. The van der Waals surface area contributed by atoms with E-state index in [4.69, 9.17) is 5.73 Å². The monoisotopic (exact) mass is 276 g/mol. The number of nitrogens with two attached hydrogens (primary N) is 1. The summed E-state index contributed by atoms with van der Waals surface area (Å²) in [6.07, 6.45) is 5.47. The Morgan fingerprint density at radius 3 is 3.00 bits per heavy atom. The molecule has 0 aliphatic heterocycles. The summed E-state index contributed by atoms with van der Waals surface area (Å²) in [5, 5.41) is 6.10. The Labute approximate surface area is 115 Å². The first-order chi connectivity index (χ1) is 9.22. The normalized spacial score (nSPS) is 14.5. The summed E-state index contributed by atoms with van der Waals surface area (Å²) >= 11 is 1.69. The van der Waals surface area contributed by atoms with Gasteiger partial charge in [0, 0.05) is 17.1 Å². The van der Waals surface area contributed by atoms with Gasteiger partial charge in [-0.2, -0.15) is 5.10 Å². The van der Waals surface area contributed by atoms with E-state index in [0.717, 1.165) is 12.8 Å². The van der Waals surface area contributed by atoms with E-state index in [9.17, 15) is 4.79 Å². The number of carbonyl (C=O) groups is 1. The van der Waals surface area contributed by atoms with E-state index in [2.05, 4.69) is 11.2 Å². The predicted octanol–water partition coefficient (Wildman–Crippen LogP) is 1.72. The van der Waals surface area contributed by atoms with E-state index in [1.807, 2.05) is 16.3 Å². The van der Waals surface area contributed by atoms with Gasteiger partial charge in [0.05, 0.1) is 18.4 Å². The van der Waals surface area contributed by atoms with Crippen LogP contribution in [-0.4, -0.2) is 26.6 Å². The lowest BCUT2D eigenvalue weighted by molar-refractivity contribution is -0.133. The van der Waals surface area contributed by atoms with Crippen molar-refractivity contribution in [3.8, 4) is 0 Å². The van der Waals surface area contributed by atoms with E-state index in [0.29, 0.717) is 18.3 Å². The molecule has 1 aliphatic carbocycles. The first-order valence-electron chi connectivity index (χ1n) is 6.32. The molecule has 0 radical (unpaired) electrons. The molecule has 0 aromatic carbocycles. The van der Waals surface area contributed by atoms with E-state index in [1.54, 1.807) is 28.4 Å². The quantitative estimate of drug-likeness (QED) is 0.904. The number of anilines is 1. The first kappa shape index (κ1) is 12.2. The van der Waals surface area contributed by atoms with Crippen molar-refractivity contribution >= 4 is 22.9 Å². The van der Waals surface area contributed by atoms with Gasteiger partial charge in [0.2, 0.25) is 5.91 Å². The van der Waals surface area contributed by atoms with Crippen molar-refractivity contribution < 1.29 is 4.79 Å². The van der Waals surface area contributed by atoms with Crippen LogP contribution in [0.15, 0.2) is 29.9 Å². The number of hydrogen-bond acceptors (Lipinski definition) is 4. The van der Waals surface area contributed by atoms with Crippen molar-refractivity contribution in [2.24, 2.45) is 0 Å². The Morgan fingerprint density at radius 1 is 1.58 bits per heavy atom. The second kappa shape index (κ2) is 5.05. The van der Waals surface area contributed by atoms with Gasteiger partial charge in [-0.25, -0.2) is 0 Å². The van der Waals surface area contributed by atoms with Gasteiger partial charge >= 0.3 is 0 Å². The van der Waals surface area contributed by atoms with Crippen molar-refractivity contribution in [1.29, 1.82) is 0 Å². The lowest BCUT2D eigenvalue weighted by Gasteiger charge is -2.21. The van der Waals surface area contributed by atoms with Crippen molar-refractivity contribution in [1.82, 2.24) is 14.7 Å². The standard InChI is InChI=1S/C13H16N4OS/c14-10-6-15-16(7-10)9-13(18)17(11-3-4-11)8-12-2-1-5-19-12/h1-2,5-7,11H,3-4,8-9,14H2. The highest BCUT2D eigenvalue weighted by molar-refractivity contribution is 7.09. The summed E-state index contributed by atoms with van der Waals surface area (Å²) in [6.45, 7) is 0.969. The van der Waals surface area contributed by atoms with Crippen LogP contribution in [0.5, 0.6) is 0 Å². The largest absolute Gasteiger partial charge is 0.396 e. The Morgan fingerprint density at radius 2 is 2.42 bits per heavy atom. The van der Waals surface area contributed by atoms with E-state index in [-0.39, 0.29) is 12.5 Å². The van der Waals surface area contributed by atoms with Crippen LogP contribution in [0.4, 0.5) is 5.69 Å². The molecule has 0 atom stereocenters. The Bertz CT molecular complexity index is 559. The van der Waals surface area contributed by atoms with Gasteiger partial charge in [-0.15, -0.1) is 11.3 Å². The lowest BCUT2D eigenvalue weighted by Crippen LogP contribution is -2.35. The minimum atomic E-state index is 0.110. The smallest absolute Gasteiger partial charge is 0.244 e. The number of thiophene rings is 1. The van der Waals surface area contributed by atoms with Crippen LogP contribution < -0.4 is 5.73 Å². The molecule has 0 saturated heterocycles. The fourth-order valence-electron chi connectivity index (χ4n) is 2.07. The first-order valence-corrected chi connectivity index (χ1v) is 7.20. The maximum atomic E-state index is 12.4. The van der Waals surface area contributed by atoms with Crippen LogP contribution in [0.3, 0.4) is 0 Å². The number of carbonyl (C=O) groups excluding carboxylic acids is 1. The average Bonchev–Trinajstić information content (AvgIpc) is 2.93. The van der Waals surface area contributed by atoms with Crippen LogP contribution in [0.2, 0.25) is 0 Å². The fraction of sp³-hybridized carbons (Fsp3) is 0.385. The van der Waals surface area contributed by atoms with E-state index < -0.39 is 0 Å². The second-order valence-corrected chi connectivity index (χ2v) is 5.84. The molecule has 2 aromatic heterocycles. The number of nitrogen functional groups attached to an aromatic ring is 1. The van der Waals surface area contributed by atoms with Gasteiger partial charge in [-0.3, -0.25) is 9.48 Å². The zero-order chi connectivity index (χ0) is 13.2. The molecule has 0 spiro atoms. The molecule has 2 heterocycles. The van der Waals surface area contributed by atoms with Gasteiger partial charge in [0.25, 0.3) is 0 Å². The fourth-order valence-corrected chi connectivity index (χ4v) is 2.78. The second-order valence-electron chi connectivity index (χ2n) is 4.80. The molecule has 19 heavy (non-hydrogen) atoms. The molecule has 1 fully saturated rings. The average molecular weight is 276 g/mol. The summed E-state index contributed by atoms with van der Waals surface area (Å²) < 4.78 is 1.60. The van der Waals surface area contributed by atoms with Gasteiger partial charge in [-0.05, 0) is 24.3 Å². The maximum Gasteiger partial charge on any atom is 0.244 e. The summed E-state index contributed by atoms with van der Waals surface area (Å²) in [5.74, 6) is 0.110. The molecule has 1 aliphatic rings. The minimum absolute atomic E-state index is 0.110. The lowest BCUT2D eigenvalue weighted by atomic mass is 10.3. The van der Waals surface area contributed by atoms with Crippen LogP contribution >= 0.6 is 11.3 Å². The third-order valence-electron chi connectivity index (χ3n) is 3.16. The molecule has 0 bridgehead atoms. The maximum absolute atomic E-state index is 12.4. The topological polar surface area (TPSA) is 64.1 Å². The number of aromatic nitrogens is 2. The van der Waals surface area contributed by atoms with Crippen molar-refractivity contribution in [2.45, 2.75) is 32.0 Å². The molecule has 6 heteroatoms. The third-order valence-corrected chi connectivity index (χ3v) is 4.03. The van der Waals surface area contributed by atoms with Gasteiger partial charge in [-0.1, -0.05) is 6.07 Å². The number of hydrogen-bond donors (Lipinski definition) is 1. The molecule has 1 amide bonds. The SMILES string of the molecule is Nc1cnn(CC(=O)N(Cc2cccs2)C2CC2)c1. The van der Waals surface area contributed by atoms with Crippen LogP contribution in [-0.2, 0) is 17.9 Å². The molecule has 2 aromatic rings. The van der Waals surface area contributed by atoms with Crippen molar-refractivity contribution in [2.75, 3.05) is 5.73 Å². The third kappa shape index (κ3) is 2.96. The molecule has 100 valence electrons. The Kier molecular flexibility index (Phi) is 3.25. The highest BCUT2D eigenvalue weighted by Gasteiger charge is 2.32. The molecule has 2 N–H and O–H groups in total. The van der Waals surface area contributed by atoms with Gasteiger partial charge in [0.15, 0.2) is 0 Å². The highest BCUT2D eigenvalue weighted by atomic mass is 32.1. The predicted molar refractivity (Wildman–Crippen MR) is 74.5 cm³/mol. The van der Waals surface area contributed by atoms with E-state index in [1.165, 1.54) is 4.88 Å². The molecule has 3 rings (SSSR count).